The lowest BCUT2D eigenvalue weighted by molar-refractivity contribution is 0.0934. The topological polar surface area (TPSA) is 42.0 Å². The van der Waals surface area contributed by atoms with E-state index in [1.165, 1.54) is 12.3 Å². The van der Waals surface area contributed by atoms with Crippen LogP contribution in [0.1, 0.15) is 30.6 Å². The Bertz CT molecular complexity index is 373. The lowest BCUT2D eigenvalue weighted by Gasteiger charge is -2.13. The Kier molecular flexibility index (Phi) is 5.97. The van der Waals surface area contributed by atoms with Crippen LogP contribution in [0.3, 0.4) is 0 Å². The lowest BCUT2D eigenvalue weighted by Crippen LogP contribution is -2.33. The number of amides is 1. The van der Waals surface area contributed by atoms with E-state index in [-0.39, 0.29) is 11.6 Å². The van der Waals surface area contributed by atoms with Crippen molar-refractivity contribution < 1.29 is 9.18 Å². The van der Waals surface area contributed by atoms with E-state index in [0.717, 1.165) is 17.9 Å². The first-order valence-electron chi connectivity index (χ1n) is 5.64. The molecule has 1 atom stereocenters. The fourth-order valence-corrected chi connectivity index (χ4v) is 2.14. The molecule has 0 radical (unpaired) electrons. The molecular weight excluding hydrogens is 239 g/mol. The minimum Gasteiger partial charge on any atom is -0.349 e. The van der Waals surface area contributed by atoms with Gasteiger partial charge in [-0.1, -0.05) is 6.92 Å². The number of hydrogen-bond acceptors (Lipinski definition) is 3. The van der Waals surface area contributed by atoms with Gasteiger partial charge in [-0.05, 0) is 37.0 Å². The number of hydrogen-bond donors (Lipinski definition) is 1. The van der Waals surface area contributed by atoms with Gasteiger partial charge < -0.3 is 5.32 Å². The van der Waals surface area contributed by atoms with E-state index in [4.69, 9.17) is 0 Å². The van der Waals surface area contributed by atoms with Gasteiger partial charge in [-0.25, -0.2) is 4.98 Å². The summed E-state index contributed by atoms with van der Waals surface area (Å²) in [6, 6.07) is 3.03. The Morgan fingerprint density at radius 2 is 2.41 bits per heavy atom. The van der Waals surface area contributed by atoms with Crippen LogP contribution < -0.4 is 5.32 Å². The molecule has 0 aliphatic heterocycles. The Hall–Kier alpha value is -1.10. The molecular formula is C12H17FN2OS. The maximum Gasteiger partial charge on any atom is 0.256 e. The van der Waals surface area contributed by atoms with Gasteiger partial charge in [-0.3, -0.25) is 4.79 Å². The van der Waals surface area contributed by atoms with Crippen molar-refractivity contribution in [3.05, 3.63) is 29.8 Å². The van der Waals surface area contributed by atoms with Crippen LogP contribution in [0.5, 0.6) is 0 Å². The van der Waals surface area contributed by atoms with Gasteiger partial charge in [0, 0.05) is 12.2 Å². The number of rotatable bonds is 6. The van der Waals surface area contributed by atoms with E-state index in [9.17, 15) is 9.18 Å². The summed E-state index contributed by atoms with van der Waals surface area (Å²) in [5.41, 5.74) is 0.00231. The van der Waals surface area contributed by atoms with Crippen LogP contribution in [0.15, 0.2) is 18.3 Å². The molecule has 0 aliphatic carbocycles. The van der Waals surface area contributed by atoms with Crippen molar-refractivity contribution in [1.82, 2.24) is 10.3 Å². The molecule has 1 rings (SSSR count). The average Bonchev–Trinajstić information content (AvgIpc) is 2.29. The van der Waals surface area contributed by atoms with Crippen LogP contribution in [0.4, 0.5) is 4.39 Å². The quantitative estimate of drug-likeness (QED) is 0.628. The Labute approximate surface area is 105 Å². The largest absolute Gasteiger partial charge is 0.349 e. The molecule has 1 amide bonds. The number of thioether (sulfide) groups is 1. The van der Waals surface area contributed by atoms with Gasteiger partial charge in [-0.15, -0.1) is 0 Å². The predicted molar refractivity (Wildman–Crippen MR) is 68.7 cm³/mol. The second kappa shape index (κ2) is 7.27. The highest BCUT2D eigenvalue weighted by molar-refractivity contribution is 7.99. The van der Waals surface area contributed by atoms with Crippen LogP contribution in [-0.2, 0) is 0 Å². The summed E-state index contributed by atoms with van der Waals surface area (Å²) in [7, 11) is 0. The van der Waals surface area contributed by atoms with Crippen LogP contribution in [0.25, 0.3) is 0 Å². The van der Waals surface area contributed by atoms with E-state index in [0.29, 0.717) is 0 Å². The number of aromatic nitrogens is 1. The molecule has 0 saturated carbocycles. The first-order chi connectivity index (χ1) is 8.15. The molecule has 0 spiro atoms. The fraction of sp³-hybridized carbons (Fsp3) is 0.500. The van der Waals surface area contributed by atoms with Gasteiger partial charge in [0.05, 0.1) is 5.56 Å². The van der Waals surface area contributed by atoms with E-state index in [2.05, 4.69) is 17.2 Å². The van der Waals surface area contributed by atoms with Crippen LogP contribution in [0.2, 0.25) is 0 Å². The molecule has 0 saturated heterocycles. The van der Waals surface area contributed by atoms with Gasteiger partial charge in [0.1, 0.15) is 0 Å². The summed E-state index contributed by atoms with van der Waals surface area (Å²) in [5.74, 6) is 0.940. The van der Waals surface area contributed by atoms with Crippen molar-refractivity contribution in [3.8, 4) is 0 Å². The normalized spacial score (nSPS) is 12.2. The van der Waals surface area contributed by atoms with Gasteiger partial charge in [-0.2, -0.15) is 16.2 Å². The molecule has 94 valence electrons. The molecule has 3 nitrogen and oxygen atoms in total. The number of carbonyl (C=O) groups excluding carboxylic acids is 1. The summed E-state index contributed by atoms with van der Waals surface area (Å²) >= 11 is 1.82. The highest BCUT2D eigenvalue weighted by Crippen LogP contribution is 2.06. The van der Waals surface area contributed by atoms with Crippen molar-refractivity contribution in [2.75, 3.05) is 11.5 Å². The Morgan fingerprint density at radius 3 is 3.06 bits per heavy atom. The Balaban J connectivity index is 2.46. The molecule has 1 aromatic rings. The van der Waals surface area contributed by atoms with Gasteiger partial charge in [0.15, 0.2) is 0 Å². The summed E-state index contributed by atoms with van der Waals surface area (Å²) in [6.07, 6.45) is 2.21. The van der Waals surface area contributed by atoms with Gasteiger partial charge in [0.25, 0.3) is 5.91 Å². The zero-order valence-corrected chi connectivity index (χ0v) is 10.9. The maximum absolute atomic E-state index is 13.2. The molecule has 1 unspecified atom stereocenters. The number of carbonyl (C=O) groups is 1. The first-order valence-corrected chi connectivity index (χ1v) is 6.79. The summed E-state index contributed by atoms with van der Waals surface area (Å²) in [5, 5.41) is 2.76. The molecule has 1 N–H and O–H groups in total. The van der Waals surface area contributed by atoms with Crippen molar-refractivity contribution in [1.29, 1.82) is 0 Å². The average molecular weight is 256 g/mol. The zero-order chi connectivity index (χ0) is 12.7. The second-order valence-electron chi connectivity index (χ2n) is 3.70. The third-order valence-electron chi connectivity index (χ3n) is 2.28. The summed E-state index contributed by atoms with van der Waals surface area (Å²) in [6.45, 7) is 4.02. The monoisotopic (exact) mass is 256 g/mol. The summed E-state index contributed by atoms with van der Waals surface area (Å²) in [4.78, 5) is 15.2. The fourth-order valence-electron chi connectivity index (χ4n) is 1.33. The number of pyridine rings is 1. The standard InChI is InChI=1S/C12H17FN2OS/c1-3-17-8-6-9(2)15-12(16)10-5-4-7-14-11(10)13/h4-5,7,9H,3,6,8H2,1-2H3,(H,15,16). The minimum absolute atomic E-state index is 0.00231. The third-order valence-corrected chi connectivity index (χ3v) is 3.21. The Morgan fingerprint density at radius 1 is 1.65 bits per heavy atom. The maximum atomic E-state index is 13.2. The van der Waals surface area contributed by atoms with E-state index >= 15 is 0 Å². The number of nitrogens with one attached hydrogen (secondary N) is 1. The summed E-state index contributed by atoms with van der Waals surface area (Å²) < 4.78 is 13.2. The van der Waals surface area contributed by atoms with Crippen molar-refractivity contribution in [3.63, 3.8) is 0 Å². The molecule has 1 aromatic heterocycles. The first kappa shape index (κ1) is 14.0. The highest BCUT2D eigenvalue weighted by Gasteiger charge is 2.13. The van der Waals surface area contributed by atoms with Crippen molar-refractivity contribution in [2.24, 2.45) is 0 Å². The van der Waals surface area contributed by atoms with Crippen LogP contribution >= 0.6 is 11.8 Å². The van der Waals surface area contributed by atoms with E-state index < -0.39 is 11.9 Å². The second-order valence-corrected chi connectivity index (χ2v) is 5.10. The molecule has 5 heteroatoms. The molecule has 1 heterocycles. The molecule has 0 aromatic carbocycles. The lowest BCUT2D eigenvalue weighted by atomic mass is 10.2. The molecule has 0 fully saturated rings. The van der Waals surface area contributed by atoms with Crippen LogP contribution in [0, 0.1) is 5.95 Å². The molecule has 0 aliphatic rings. The van der Waals surface area contributed by atoms with E-state index in [1.54, 1.807) is 6.07 Å². The minimum atomic E-state index is -0.722. The van der Waals surface area contributed by atoms with Crippen molar-refractivity contribution in [2.45, 2.75) is 26.3 Å². The molecule has 0 bridgehead atoms. The van der Waals surface area contributed by atoms with Crippen molar-refractivity contribution >= 4 is 17.7 Å². The van der Waals surface area contributed by atoms with E-state index in [1.807, 2.05) is 18.7 Å². The molecule has 17 heavy (non-hydrogen) atoms. The number of halogens is 1. The number of nitrogens with zero attached hydrogens (tertiary/aromatic N) is 1. The van der Waals surface area contributed by atoms with Crippen LogP contribution in [-0.4, -0.2) is 28.4 Å². The van der Waals surface area contributed by atoms with Gasteiger partial charge >= 0.3 is 0 Å². The highest BCUT2D eigenvalue weighted by atomic mass is 32.2. The smallest absolute Gasteiger partial charge is 0.256 e. The third kappa shape index (κ3) is 4.73. The zero-order valence-electron chi connectivity index (χ0n) is 10.1. The van der Waals surface area contributed by atoms with Gasteiger partial charge in [0.2, 0.25) is 5.95 Å². The SMILES string of the molecule is CCSCCC(C)NC(=O)c1cccnc1F. The predicted octanol–water partition coefficient (Wildman–Crippen LogP) is 2.48.